The minimum atomic E-state index is -4.15. The van der Waals surface area contributed by atoms with Crippen molar-refractivity contribution in [1.29, 1.82) is 5.26 Å². The molecule has 10 heteroatoms. The maximum atomic E-state index is 12.6. The lowest BCUT2D eigenvalue weighted by molar-refractivity contribution is -0.114. The average molecular weight is 554 g/mol. The van der Waals surface area contributed by atoms with E-state index in [0.29, 0.717) is 21.4 Å². The summed E-state index contributed by atoms with van der Waals surface area (Å²) >= 11 is 3.27. The van der Waals surface area contributed by atoms with Crippen molar-refractivity contribution in [3.63, 3.8) is 0 Å². The van der Waals surface area contributed by atoms with Gasteiger partial charge in [0, 0.05) is 18.3 Å². The van der Waals surface area contributed by atoms with Crippen LogP contribution in [0.5, 0.6) is 5.75 Å². The molecule has 3 aromatic carbocycles. The number of hydrogen-bond acceptors (Lipinski definition) is 6. The van der Waals surface area contributed by atoms with Crippen molar-refractivity contribution in [1.82, 2.24) is 0 Å². The fourth-order valence-electron chi connectivity index (χ4n) is 2.97. The molecule has 0 unspecified atom stereocenters. The molecule has 0 heterocycles. The van der Waals surface area contributed by atoms with E-state index in [-0.39, 0.29) is 22.1 Å². The van der Waals surface area contributed by atoms with Crippen LogP contribution in [-0.4, -0.2) is 20.2 Å². The van der Waals surface area contributed by atoms with Gasteiger partial charge < -0.3 is 14.8 Å². The van der Waals surface area contributed by atoms with Crippen LogP contribution in [0.4, 0.5) is 11.4 Å². The Hall–Kier alpha value is -3.94. The first-order valence-electron chi connectivity index (χ1n) is 10.2. The van der Waals surface area contributed by atoms with Crippen molar-refractivity contribution in [2.24, 2.45) is 0 Å². The highest BCUT2D eigenvalue weighted by molar-refractivity contribution is 9.10. The van der Waals surface area contributed by atoms with Crippen molar-refractivity contribution >= 4 is 55.3 Å². The Morgan fingerprint density at radius 3 is 2.31 bits per heavy atom. The zero-order chi connectivity index (χ0) is 25.6. The highest BCUT2D eigenvalue weighted by Crippen LogP contribution is 2.30. The predicted octanol–water partition coefficient (Wildman–Crippen LogP) is 5.03. The highest BCUT2D eigenvalue weighted by Gasteiger charge is 2.19. The number of nitrogens with zero attached hydrogens (tertiary/aromatic N) is 1. The predicted molar refractivity (Wildman–Crippen MR) is 136 cm³/mol. The molecule has 0 saturated carbocycles. The Kier molecular flexibility index (Phi) is 8.06. The number of anilines is 2. The minimum Gasteiger partial charge on any atom is -0.378 e. The summed E-state index contributed by atoms with van der Waals surface area (Å²) in [4.78, 5) is 23.6. The SMILES string of the molecule is CC(=O)Nc1ccc(S(=O)(=O)Oc2ccc(/C=C(\C#N)C(=O)Nc3ccccc3C)cc2Br)cc1. The molecule has 0 spiro atoms. The van der Waals surface area contributed by atoms with Crippen molar-refractivity contribution in [3.8, 4) is 11.8 Å². The summed E-state index contributed by atoms with van der Waals surface area (Å²) in [6, 6.07) is 19.1. The summed E-state index contributed by atoms with van der Waals surface area (Å²) in [5, 5.41) is 14.7. The number of para-hydroxylation sites is 1. The van der Waals surface area contributed by atoms with E-state index in [1.807, 2.05) is 25.1 Å². The fourth-order valence-corrected chi connectivity index (χ4v) is 4.50. The first kappa shape index (κ1) is 25.7. The van der Waals surface area contributed by atoms with E-state index in [4.69, 9.17) is 4.18 Å². The molecule has 0 aromatic heterocycles. The lowest BCUT2D eigenvalue weighted by Crippen LogP contribution is -2.14. The second kappa shape index (κ2) is 11.0. The number of carbonyl (C=O) groups is 2. The molecular weight excluding hydrogens is 534 g/mol. The van der Waals surface area contributed by atoms with E-state index in [2.05, 4.69) is 26.6 Å². The molecule has 178 valence electrons. The van der Waals surface area contributed by atoms with Crippen LogP contribution < -0.4 is 14.8 Å². The van der Waals surface area contributed by atoms with Crippen LogP contribution in [0.15, 0.2) is 81.7 Å². The average Bonchev–Trinajstić information content (AvgIpc) is 2.80. The number of amides is 2. The lowest BCUT2D eigenvalue weighted by atomic mass is 10.1. The largest absolute Gasteiger partial charge is 0.378 e. The van der Waals surface area contributed by atoms with Gasteiger partial charge in [-0.2, -0.15) is 13.7 Å². The van der Waals surface area contributed by atoms with Crippen LogP contribution >= 0.6 is 15.9 Å². The van der Waals surface area contributed by atoms with Gasteiger partial charge in [0.2, 0.25) is 5.91 Å². The van der Waals surface area contributed by atoms with E-state index in [0.717, 1.165) is 5.56 Å². The van der Waals surface area contributed by atoms with Gasteiger partial charge >= 0.3 is 10.1 Å². The first-order chi connectivity index (χ1) is 16.6. The quantitative estimate of drug-likeness (QED) is 0.240. The Morgan fingerprint density at radius 1 is 1.03 bits per heavy atom. The third-order valence-electron chi connectivity index (χ3n) is 4.69. The van der Waals surface area contributed by atoms with Gasteiger partial charge in [0.25, 0.3) is 5.91 Å². The van der Waals surface area contributed by atoms with E-state index < -0.39 is 16.0 Å². The van der Waals surface area contributed by atoms with Gasteiger partial charge in [-0.1, -0.05) is 24.3 Å². The zero-order valence-electron chi connectivity index (χ0n) is 18.7. The number of halogens is 1. The highest BCUT2D eigenvalue weighted by atomic mass is 79.9. The molecule has 8 nitrogen and oxygen atoms in total. The molecule has 2 amide bonds. The van der Waals surface area contributed by atoms with E-state index in [9.17, 15) is 23.3 Å². The monoisotopic (exact) mass is 553 g/mol. The first-order valence-corrected chi connectivity index (χ1v) is 12.4. The summed E-state index contributed by atoms with van der Waals surface area (Å²) < 4.78 is 30.8. The summed E-state index contributed by atoms with van der Waals surface area (Å²) in [6.07, 6.45) is 1.39. The van der Waals surface area contributed by atoms with Gasteiger partial charge in [0.15, 0.2) is 5.75 Å². The number of carbonyl (C=O) groups excluding carboxylic acids is 2. The summed E-state index contributed by atoms with van der Waals surface area (Å²) in [5.41, 5.74) is 2.26. The maximum Gasteiger partial charge on any atom is 0.339 e. The molecule has 3 rings (SSSR count). The van der Waals surface area contributed by atoms with Gasteiger partial charge in [-0.15, -0.1) is 0 Å². The summed E-state index contributed by atoms with van der Waals surface area (Å²) in [7, 11) is -4.15. The summed E-state index contributed by atoms with van der Waals surface area (Å²) in [6.45, 7) is 3.19. The Labute approximate surface area is 211 Å². The Morgan fingerprint density at radius 2 is 1.71 bits per heavy atom. The van der Waals surface area contributed by atoms with E-state index >= 15 is 0 Å². The Balaban J connectivity index is 1.77. The fraction of sp³-hybridized carbons (Fsp3) is 0.0800. The summed E-state index contributed by atoms with van der Waals surface area (Å²) in [5.74, 6) is -0.818. The molecule has 0 saturated heterocycles. The molecule has 2 N–H and O–H groups in total. The van der Waals surface area contributed by atoms with Crippen LogP contribution in [0.25, 0.3) is 6.08 Å². The molecule has 0 bridgehead atoms. The second-order valence-corrected chi connectivity index (χ2v) is 9.77. The normalized spacial score (nSPS) is 11.3. The van der Waals surface area contributed by atoms with Crippen LogP contribution in [-0.2, 0) is 19.7 Å². The van der Waals surface area contributed by atoms with Crippen molar-refractivity contribution in [3.05, 3.63) is 87.9 Å². The smallest absolute Gasteiger partial charge is 0.339 e. The molecule has 35 heavy (non-hydrogen) atoms. The standard InChI is InChI=1S/C25H20BrN3O5S/c1-16-5-3-4-6-23(16)29-25(31)19(15-27)13-18-7-12-24(22(26)14-18)34-35(32,33)21-10-8-20(9-11-21)28-17(2)30/h3-14H,1-2H3,(H,28,30)(H,29,31)/b19-13+. The number of hydrogen-bond donors (Lipinski definition) is 2. The Bertz CT molecular complexity index is 1460. The van der Waals surface area contributed by atoms with E-state index in [1.165, 1.54) is 55.5 Å². The molecule has 0 radical (unpaired) electrons. The number of benzene rings is 3. The topological polar surface area (TPSA) is 125 Å². The third kappa shape index (κ3) is 6.79. The number of rotatable bonds is 7. The van der Waals surface area contributed by atoms with Gasteiger partial charge in [-0.3, -0.25) is 9.59 Å². The molecule has 0 atom stereocenters. The van der Waals surface area contributed by atoms with Crippen LogP contribution in [0, 0.1) is 18.3 Å². The molecule has 0 fully saturated rings. The molecular formula is C25H20BrN3O5S. The van der Waals surface area contributed by atoms with Gasteiger partial charge in [-0.05, 0) is 82.5 Å². The van der Waals surface area contributed by atoms with Gasteiger partial charge in [0.05, 0.1) is 4.47 Å². The van der Waals surface area contributed by atoms with Crippen molar-refractivity contribution in [2.75, 3.05) is 10.6 Å². The van der Waals surface area contributed by atoms with Crippen LogP contribution in [0.3, 0.4) is 0 Å². The molecule has 3 aromatic rings. The number of nitriles is 1. The van der Waals surface area contributed by atoms with Crippen LogP contribution in [0.2, 0.25) is 0 Å². The van der Waals surface area contributed by atoms with E-state index in [1.54, 1.807) is 12.1 Å². The van der Waals surface area contributed by atoms with Gasteiger partial charge in [-0.25, -0.2) is 0 Å². The lowest BCUT2D eigenvalue weighted by Gasteiger charge is -2.10. The van der Waals surface area contributed by atoms with Crippen LogP contribution in [0.1, 0.15) is 18.1 Å². The zero-order valence-corrected chi connectivity index (χ0v) is 21.1. The second-order valence-electron chi connectivity index (χ2n) is 7.37. The minimum absolute atomic E-state index is 0.0240. The van der Waals surface area contributed by atoms with Gasteiger partial charge in [0.1, 0.15) is 16.5 Å². The van der Waals surface area contributed by atoms with Crippen molar-refractivity contribution in [2.45, 2.75) is 18.7 Å². The number of aryl methyl sites for hydroxylation is 1. The maximum absolute atomic E-state index is 12.6. The number of nitrogens with one attached hydrogen (secondary N) is 2. The molecule has 0 aliphatic heterocycles. The molecule has 0 aliphatic rings. The molecule has 0 aliphatic carbocycles. The van der Waals surface area contributed by atoms with Crippen molar-refractivity contribution < 1.29 is 22.2 Å². The third-order valence-corrected chi connectivity index (χ3v) is 6.56.